The third-order valence-corrected chi connectivity index (χ3v) is 4.02. The van der Waals surface area contributed by atoms with Gasteiger partial charge in [-0.25, -0.2) is 0 Å². The zero-order valence-electron chi connectivity index (χ0n) is 11.9. The van der Waals surface area contributed by atoms with E-state index in [-0.39, 0.29) is 29.8 Å². The number of rotatable bonds is 3. The second-order valence-electron chi connectivity index (χ2n) is 5.50. The van der Waals surface area contributed by atoms with E-state index in [0.717, 1.165) is 12.8 Å². The van der Waals surface area contributed by atoms with E-state index < -0.39 is 4.92 Å². The zero-order valence-corrected chi connectivity index (χ0v) is 11.9. The van der Waals surface area contributed by atoms with E-state index in [2.05, 4.69) is 10.2 Å². The molecule has 1 aliphatic rings. The number of piperidine rings is 1. The molecule has 8 nitrogen and oxygen atoms in total. The van der Waals surface area contributed by atoms with E-state index in [1.807, 2.05) is 0 Å². The van der Waals surface area contributed by atoms with E-state index in [9.17, 15) is 20.0 Å². The molecule has 0 bridgehead atoms. The van der Waals surface area contributed by atoms with Crippen LogP contribution in [0.1, 0.15) is 23.3 Å². The van der Waals surface area contributed by atoms with Gasteiger partial charge in [0.1, 0.15) is 0 Å². The van der Waals surface area contributed by atoms with E-state index >= 15 is 0 Å². The number of nitro benzene ring substituents is 1. The molecule has 1 aliphatic heterocycles. The molecule has 1 saturated heterocycles. The van der Waals surface area contributed by atoms with Gasteiger partial charge >= 0.3 is 0 Å². The average Bonchev–Trinajstić information content (AvgIpc) is 2.97. The van der Waals surface area contributed by atoms with Crippen molar-refractivity contribution in [1.82, 2.24) is 15.1 Å². The maximum absolute atomic E-state index is 12.6. The fourth-order valence-corrected chi connectivity index (χ4v) is 2.83. The maximum atomic E-state index is 12.6. The van der Waals surface area contributed by atoms with Crippen molar-refractivity contribution in [2.75, 3.05) is 19.7 Å². The van der Waals surface area contributed by atoms with Gasteiger partial charge < -0.3 is 10.0 Å². The van der Waals surface area contributed by atoms with Crippen LogP contribution >= 0.6 is 0 Å². The predicted octanol–water partition coefficient (Wildman–Crippen LogP) is 1.32. The summed E-state index contributed by atoms with van der Waals surface area (Å²) in [5.74, 6) is -0.179. The topological polar surface area (TPSA) is 112 Å². The SMILES string of the molecule is O=C(c1n[nH]c2ccc([N+](=O)[O-])cc12)N1CCCC(CO)C1. The molecule has 8 heteroatoms. The maximum Gasteiger partial charge on any atom is 0.275 e. The minimum absolute atomic E-state index is 0.0521. The van der Waals surface area contributed by atoms with Gasteiger partial charge in [-0.15, -0.1) is 0 Å². The molecule has 0 saturated carbocycles. The predicted molar refractivity (Wildman–Crippen MR) is 78.5 cm³/mol. The second-order valence-corrected chi connectivity index (χ2v) is 5.50. The van der Waals surface area contributed by atoms with Gasteiger partial charge in [-0.05, 0) is 24.8 Å². The summed E-state index contributed by atoms with van der Waals surface area (Å²) in [7, 11) is 0. The van der Waals surface area contributed by atoms with Crippen LogP contribution < -0.4 is 0 Å². The minimum Gasteiger partial charge on any atom is -0.396 e. The van der Waals surface area contributed by atoms with Crippen molar-refractivity contribution in [1.29, 1.82) is 0 Å². The van der Waals surface area contributed by atoms with Gasteiger partial charge in [-0.2, -0.15) is 5.10 Å². The number of benzene rings is 1. The number of aliphatic hydroxyl groups excluding tert-OH is 1. The zero-order chi connectivity index (χ0) is 15.7. The van der Waals surface area contributed by atoms with Crippen molar-refractivity contribution in [2.45, 2.75) is 12.8 Å². The number of non-ortho nitro benzene ring substituents is 1. The number of likely N-dealkylation sites (tertiary alicyclic amines) is 1. The van der Waals surface area contributed by atoms with E-state index in [4.69, 9.17) is 0 Å². The lowest BCUT2D eigenvalue weighted by Crippen LogP contribution is -2.41. The number of aromatic amines is 1. The Morgan fingerprint density at radius 2 is 2.36 bits per heavy atom. The van der Waals surface area contributed by atoms with Gasteiger partial charge in [-0.3, -0.25) is 20.0 Å². The molecule has 2 aromatic rings. The normalized spacial score (nSPS) is 18.6. The molecule has 1 amide bonds. The van der Waals surface area contributed by atoms with Crippen LogP contribution in [0.25, 0.3) is 10.9 Å². The Morgan fingerprint density at radius 1 is 1.55 bits per heavy atom. The lowest BCUT2D eigenvalue weighted by atomic mass is 9.98. The van der Waals surface area contributed by atoms with E-state index in [1.165, 1.54) is 12.1 Å². The Bertz CT molecular complexity index is 727. The fraction of sp³-hybridized carbons (Fsp3) is 0.429. The largest absolute Gasteiger partial charge is 0.396 e. The Kier molecular flexibility index (Phi) is 3.76. The highest BCUT2D eigenvalue weighted by Gasteiger charge is 2.27. The summed E-state index contributed by atoms with van der Waals surface area (Å²) in [4.78, 5) is 24.6. The second kappa shape index (κ2) is 5.72. The summed E-state index contributed by atoms with van der Waals surface area (Å²) in [5.41, 5.74) is 0.705. The number of hydrogen-bond donors (Lipinski definition) is 2. The molecule has 1 aromatic carbocycles. The van der Waals surface area contributed by atoms with Crippen molar-refractivity contribution in [3.63, 3.8) is 0 Å². The first-order valence-electron chi connectivity index (χ1n) is 7.13. The number of hydrogen-bond acceptors (Lipinski definition) is 5. The monoisotopic (exact) mass is 304 g/mol. The molecule has 1 atom stereocenters. The number of fused-ring (bicyclic) bond motifs is 1. The smallest absolute Gasteiger partial charge is 0.275 e. The first-order chi connectivity index (χ1) is 10.6. The van der Waals surface area contributed by atoms with Crippen LogP contribution in [0, 0.1) is 16.0 Å². The van der Waals surface area contributed by atoms with Gasteiger partial charge in [0.15, 0.2) is 5.69 Å². The van der Waals surface area contributed by atoms with Crippen molar-refractivity contribution in [2.24, 2.45) is 5.92 Å². The van der Waals surface area contributed by atoms with Gasteiger partial charge in [0.2, 0.25) is 0 Å². The molecule has 1 aromatic heterocycles. The molecule has 22 heavy (non-hydrogen) atoms. The lowest BCUT2D eigenvalue weighted by molar-refractivity contribution is -0.384. The Labute approximate surface area is 125 Å². The third-order valence-electron chi connectivity index (χ3n) is 4.02. The molecular formula is C14H16N4O4. The minimum atomic E-state index is -0.497. The number of H-pyrrole nitrogens is 1. The summed E-state index contributed by atoms with van der Waals surface area (Å²) >= 11 is 0. The number of amides is 1. The van der Waals surface area contributed by atoms with Crippen LogP contribution in [-0.2, 0) is 0 Å². The fourth-order valence-electron chi connectivity index (χ4n) is 2.83. The number of aromatic nitrogens is 2. The number of aliphatic hydroxyl groups is 1. The van der Waals surface area contributed by atoms with Crippen LogP contribution in [0.2, 0.25) is 0 Å². The third kappa shape index (κ3) is 2.52. The van der Waals surface area contributed by atoms with E-state index in [1.54, 1.807) is 11.0 Å². The van der Waals surface area contributed by atoms with Crippen molar-refractivity contribution in [3.8, 4) is 0 Å². The summed E-state index contributed by atoms with van der Waals surface area (Å²) in [5, 5.41) is 27.3. The van der Waals surface area contributed by atoms with Crippen molar-refractivity contribution in [3.05, 3.63) is 34.0 Å². The summed E-state index contributed by atoms with van der Waals surface area (Å²) in [6, 6.07) is 4.28. The number of carbonyl (C=O) groups excluding carboxylic acids is 1. The molecule has 0 radical (unpaired) electrons. The molecule has 2 heterocycles. The Morgan fingerprint density at radius 3 is 3.09 bits per heavy atom. The van der Waals surface area contributed by atoms with Crippen molar-refractivity contribution < 1.29 is 14.8 Å². The van der Waals surface area contributed by atoms with E-state index in [0.29, 0.717) is 24.0 Å². The Balaban J connectivity index is 1.93. The summed E-state index contributed by atoms with van der Waals surface area (Å²) < 4.78 is 0. The molecule has 0 aliphatic carbocycles. The molecule has 1 fully saturated rings. The molecule has 1 unspecified atom stereocenters. The van der Waals surface area contributed by atoms with Crippen LogP contribution in [-0.4, -0.2) is 50.7 Å². The molecule has 2 N–H and O–H groups in total. The highest BCUT2D eigenvalue weighted by Crippen LogP contribution is 2.24. The number of nitro groups is 1. The number of nitrogens with zero attached hydrogens (tertiary/aromatic N) is 3. The molecule has 3 rings (SSSR count). The van der Waals surface area contributed by atoms with Gasteiger partial charge in [0, 0.05) is 37.2 Å². The van der Waals surface area contributed by atoms with Crippen LogP contribution in [0.4, 0.5) is 5.69 Å². The molecule has 116 valence electrons. The number of nitrogens with one attached hydrogen (secondary N) is 1. The standard InChI is InChI=1S/C14H16N4O4/c19-8-9-2-1-5-17(7-9)14(20)13-11-6-10(18(21)22)3-4-12(11)15-16-13/h3-4,6,9,19H,1-2,5,7-8H2,(H,15,16). The van der Waals surface area contributed by atoms with Crippen LogP contribution in [0.5, 0.6) is 0 Å². The van der Waals surface area contributed by atoms with Crippen LogP contribution in [0.15, 0.2) is 18.2 Å². The summed E-state index contributed by atoms with van der Waals surface area (Å²) in [6.45, 7) is 1.15. The Hall–Kier alpha value is -2.48. The van der Waals surface area contributed by atoms with Crippen LogP contribution in [0.3, 0.4) is 0 Å². The van der Waals surface area contributed by atoms with Gasteiger partial charge in [-0.1, -0.05) is 0 Å². The first-order valence-corrected chi connectivity index (χ1v) is 7.13. The first kappa shape index (κ1) is 14.5. The highest BCUT2D eigenvalue weighted by molar-refractivity contribution is 6.05. The molecular weight excluding hydrogens is 288 g/mol. The van der Waals surface area contributed by atoms with Gasteiger partial charge in [0.25, 0.3) is 11.6 Å². The summed E-state index contributed by atoms with van der Waals surface area (Å²) in [6.07, 6.45) is 1.73. The lowest BCUT2D eigenvalue weighted by Gasteiger charge is -2.31. The van der Waals surface area contributed by atoms with Crippen molar-refractivity contribution >= 4 is 22.5 Å². The van der Waals surface area contributed by atoms with Gasteiger partial charge in [0.05, 0.1) is 10.4 Å². The quantitative estimate of drug-likeness (QED) is 0.656. The number of carbonyl (C=O) groups is 1. The molecule has 0 spiro atoms. The average molecular weight is 304 g/mol. The highest BCUT2D eigenvalue weighted by atomic mass is 16.6.